The summed E-state index contributed by atoms with van der Waals surface area (Å²) in [7, 11) is 0. The van der Waals surface area contributed by atoms with Gasteiger partial charge in [-0.3, -0.25) is 4.98 Å². The van der Waals surface area contributed by atoms with Gasteiger partial charge in [0.1, 0.15) is 11.5 Å². The van der Waals surface area contributed by atoms with Crippen molar-refractivity contribution in [3.05, 3.63) is 57.1 Å². The summed E-state index contributed by atoms with van der Waals surface area (Å²) in [5, 5.41) is 18.3. The second-order valence-electron chi connectivity index (χ2n) is 8.47. The third kappa shape index (κ3) is 4.45. The van der Waals surface area contributed by atoms with Gasteiger partial charge in [0.2, 0.25) is 11.8 Å². The fourth-order valence-corrected chi connectivity index (χ4v) is 3.96. The summed E-state index contributed by atoms with van der Waals surface area (Å²) < 4.78 is 7.04. The van der Waals surface area contributed by atoms with Crippen molar-refractivity contribution in [1.82, 2.24) is 34.5 Å². The molecule has 6 rings (SSSR count). The number of hydrogen-bond acceptors (Lipinski definition) is 10. The van der Waals surface area contributed by atoms with Gasteiger partial charge in [-0.15, -0.1) is 0 Å². The summed E-state index contributed by atoms with van der Waals surface area (Å²) in [4.78, 5) is 37.1. The molecular weight excluding hydrogens is 452 g/mol. The first-order chi connectivity index (χ1) is 17.1. The summed E-state index contributed by atoms with van der Waals surface area (Å²) in [6.07, 6.45) is 7.03. The Labute approximate surface area is 198 Å². The molecule has 13 nitrogen and oxygen atoms in total. The van der Waals surface area contributed by atoms with Crippen molar-refractivity contribution < 1.29 is 9.84 Å². The maximum Gasteiger partial charge on any atom is 0.326 e. The lowest BCUT2D eigenvalue weighted by Crippen LogP contribution is -2.37. The first kappa shape index (κ1) is 21.3. The number of aromatic hydroxyl groups is 1. The minimum absolute atomic E-state index is 0.230. The highest BCUT2D eigenvalue weighted by Gasteiger charge is 2.21. The highest BCUT2D eigenvalue weighted by molar-refractivity contribution is 5.57. The molecule has 0 bridgehead atoms. The van der Waals surface area contributed by atoms with E-state index in [-0.39, 0.29) is 17.6 Å². The van der Waals surface area contributed by atoms with Crippen LogP contribution in [0.3, 0.4) is 0 Å². The van der Waals surface area contributed by atoms with Crippen LogP contribution in [0.5, 0.6) is 5.88 Å². The van der Waals surface area contributed by atoms with Gasteiger partial charge in [-0.1, -0.05) is 6.07 Å². The second-order valence-corrected chi connectivity index (χ2v) is 8.47. The van der Waals surface area contributed by atoms with Crippen molar-refractivity contribution in [2.45, 2.75) is 25.4 Å². The smallest absolute Gasteiger partial charge is 0.326 e. The zero-order valence-corrected chi connectivity index (χ0v) is 18.8. The molecule has 35 heavy (non-hydrogen) atoms. The molecular formula is C22H24N10O3. The number of fused-ring (bicyclic) bond motifs is 1. The second kappa shape index (κ2) is 8.83. The zero-order chi connectivity index (χ0) is 23.8. The Morgan fingerprint density at radius 3 is 2.89 bits per heavy atom. The average Bonchev–Trinajstić information content (AvgIpc) is 3.51. The van der Waals surface area contributed by atoms with Gasteiger partial charge in [-0.05, 0) is 25.0 Å². The monoisotopic (exact) mass is 476 g/mol. The highest BCUT2D eigenvalue weighted by Crippen LogP contribution is 2.22. The van der Waals surface area contributed by atoms with Crippen LogP contribution >= 0.6 is 0 Å². The molecule has 1 aliphatic heterocycles. The fourth-order valence-electron chi connectivity index (χ4n) is 3.96. The van der Waals surface area contributed by atoms with Crippen LogP contribution in [0, 0.1) is 0 Å². The Balaban J connectivity index is 1.37. The largest absolute Gasteiger partial charge is 0.493 e. The Morgan fingerprint density at radius 1 is 1.26 bits per heavy atom. The molecule has 4 aromatic heterocycles. The molecule has 1 aliphatic carbocycles. The standard InChI is InChI=1S/C22H24N10O3/c33-19-16(27-22(34)29-19)10-14-12-25-32-18(14)28-20(30-21(32)26-15-3-4-15)24-11-13-2-1-5-23-17(13)31-6-8-35-9-7-31/h1-2,5,10,12,15,33H,3-4,6-9,11H2,(H,24,26,30)(H2,27,29,34). The van der Waals surface area contributed by atoms with Crippen molar-refractivity contribution in [1.29, 1.82) is 0 Å². The number of morpholine rings is 1. The highest BCUT2D eigenvalue weighted by atomic mass is 16.5. The maximum atomic E-state index is 11.5. The molecule has 4 N–H and O–H groups in total. The van der Waals surface area contributed by atoms with E-state index in [1.54, 1.807) is 23.0 Å². The first-order valence-corrected chi connectivity index (χ1v) is 11.5. The number of ether oxygens (including phenoxy) is 1. The van der Waals surface area contributed by atoms with Crippen molar-refractivity contribution in [3.8, 4) is 5.88 Å². The van der Waals surface area contributed by atoms with Gasteiger partial charge in [0.25, 0.3) is 5.62 Å². The van der Waals surface area contributed by atoms with E-state index in [0.29, 0.717) is 42.2 Å². The normalized spacial score (nSPS) is 17.4. The third-order valence-electron chi connectivity index (χ3n) is 5.87. The molecule has 1 saturated heterocycles. The number of anilines is 2. The lowest BCUT2D eigenvalue weighted by Gasteiger charge is -2.29. The van der Waals surface area contributed by atoms with Crippen molar-refractivity contribution in [2.75, 3.05) is 36.5 Å². The van der Waals surface area contributed by atoms with Gasteiger partial charge in [0.05, 0.1) is 25.5 Å². The Kier molecular flexibility index (Phi) is 5.37. The number of nitrogens with one attached hydrogen (secondary N) is 3. The van der Waals surface area contributed by atoms with Gasteiger partial charge < -0.3 is 25.0 Å². The molecule has 4 aromatic rings. The first-order valence-electron chi connectivity index (χ1n) is 11.5. The van der Waals surface area contributed by atoms with E-state index in [4.69, 9.17) is 9.73 Å². The summed E-state index contributed by atoms with van der Waals surface area (Å²) in [5.41, 5.74) is 1.71. The van der Waals surface area contributed by atoms with E-state index in [9.17, 15) is 9.90 Å². The lowest BCUT2D eigenvalue weighted by atomic mass is 10.2. The van der Waals surface area contributed by atoms with E-state index < -0.39 is 5.69 Å². The van der Waals surface area contributed by atoms with Crippen LogP contribution in [-0.2, 0) is 11.3 Å². The summed E-state index contributed by atoms with van der Waals surface area (Å²) in [6, 6.07) is 4.17. The Bertz CT molecular complexity index is 1550. The Morgan fingerprint density at radius 2 is 2.11 bits per heavy atom. The predicted octanol–water partition coefficient (Wildman–Crippen LogP) is -0.699. The van der Waals surface area contributed by atoms with Crippen LogP contribution in [0.1, 0.15) is 24.1 Å². The van der Waals surface area contributed by atoms with Crippen molar-refractivity contribution in [2.24, 2.45) is 4.99 Å². The van der Waals surface area contributed by atoms with E-state index in [1.807, 2.05) is 12.1 Å². The molecule has 1 saturated carbocycles. The van der Waals surface area contributed by atoms with E-state index in [0.717, 1.165) is 37.3 Å². The minimum Gasteiger partial charge on any atom is -0.493 e. The maximum absolute atomic E-state index is 11.5. The van der Waals surface area contributed by atoms with Crippen molar-refractivity contribution >= 4 is 23.5 Å². The molecule has 0 spiro atoms. The van der Waals surface area contributed by atoms with E-state index in [1.165, 1.54) is 0 Å². The van der Waals surface area contributed by atoms with Crippen LogP contribution in [0.15, 0.2) is 34.3 Å². The minimum atomic E-state index is -0.501. The van der Waals surface area contributed by atoms with Gasteiger partial charge in [-0.2, -0.15) is 19.6 Å². The number of aromatic nitrogens is 7. The van der Waals surface area contributed by atoms with Crippen LogP contribution in [-0.4, -0.2) is 72.0 Å². The number of nitrogens with zero attached hydrogens (tertiary/aromatic N) is 7. The number of hydrogen-bond donors (Lipinski definition) is 4. The Hall–Kier alpha value is -4.26. The molecule has 0 atom stereocenters. The molecule has 0 unspecified atom stereocenters. The molecule has 13 heteroatoms. The summed E-state index contributed by atoms with van der Waals surface area (Å²) in [5.74, 6) is 1.06. The van der Waals surface area contributed by atoms with Gasteiger partial charge in [0.15, 0.2) is 5.65 Å². The van der Waals surface area contributed by atoms with Crippen molar-refractivity contribution in [3.63, 3.8) is 0 Å². The van der Waals surface area contributed by atoms with Gasteiger partial charge >= 0.3 is 5.69 Å². The number of pyridine rings is 1. The topological polar surface area (TPSA) is 162 Å². The van der Waals surface area contributed by atoms with Gasteiger partial charge in [0, 0.05) is 36.6 Å². The van der Waals surface area contributed by atoms with Gasteiger partial charge in [-0.25, -0.2) is 14.8 Å². The van der Waals surface area contributed by atoms with Crippen LogP contribution in [0.4, 0.5) is 11.8 Å². The molecule has 2 fully saturated rings. The zero-order valence-electron chi connectivity index (χ0n) is 18.8. The fraction of sp³-hybridized carbons (Fsp3) is 0.364. The molecule has 180 valence electrons. The number of rotatable bonds is 6. The molecule has 0 aromatic carbocycles. The summed E-state index contributed by atoms with van der Waals surface area (Å²) in [6.45, 7) is 3.41. The third-order valence-corrected chi connectivity index (χ3v) is 5.87. The van der Waals surface area contributed by atoms with E-state index in [2.05, 4.69) is 40.2 Å². The number of imidazole rings is 1. The molecule has 2 aliphatic rings. The van der Waals surface area contributed by atoms with E-state index >= 15 is 0 Å². The molecule has 0 amide bonds. The summed E-state index contributed by atoms with van der Waals surface area (Å²) >= 11 is 0. The average molecular weight is 477 g/mol. The SMILES string of the molecule is O=c1[nH]c(O)c(C=c2cnn3c(=NC4CC4)nc(NCc4cccnc4N4CCOCC4)nc23)[nH]1. The predicted molar refractivity (Wildman–Crippen MR) is 126 cm³/mol. The molecule has 0 radical (unpaired) electrons. The van der Waals surface area contributed by atoms with Crippen LogP contribution in [0.2, 0.25) is 0 Å². The number of aromatic amines is 2. The molecule has 5 heterocycles. The quantitative estimate of drug-likeness (QED) is 0.282. The van der Waals surface area contributed by atoms with Crippen LogP contribution < -0.4 is 26.7 Å². The number of H-pyrrole nitrogens is 2. The lowest BCUT2D eigenvalue weighted by molar-refractivity contribution is 0.122. The van der Waals surface area contributed by atoms with Crippen LogP contribution in [0.25, 0.3) is 11.7 Å².